The summed E-state index contributed by atoms with van der Waals surface area (Å²) >= 11 is 0. The van der Waals surface area contributed by atoms with Crippen LogP contribution in [-0.2, 0) is 13.0 Å². The summed E-state index contributed by atoms with van der Waals surface area (Å²) in [4.78, 5) is 7.28. The highest BCUT2D eigenvalue weighted by atomic mass is 15.2. The van der Waals surface area contributed by atoms with Gasteiger partial charge in [-0.1, -0.05) is 20.8 Å². The number of aromatic nitrogens is 1. The van der Waals surface area contributed by atoms with Gasteiger partial charge in [0, 0.05) is 25.3 Å². The molecule has 1 aliphatic heterocycles. The Morgan fingerprint density at radius 1 is 1.32 bits per heavy atom. The van der Waals surface area contributed by atoms with Crippen molar-refractivity contribution < 1.29 is 0 Å². The van der Waals surface area contributed by atoms with Crippen molar-refractivity contribution in [1.29, 1.82) is 0 Å². The van der Waals surface area contributed by atoms with Crippen molar-refractivity contribution in [3.63, 3.8) is 0 Å². The number of aryl methyl sites for hydroxylation is 1. The fourth-order valence-electron chi connectivity index (χ4n) is 2.75. The van der Waals surface area contributed by atoms with E-state index in [1.54, 1.807) is 0 Å². The Balaban J connectivity index is 2.20. The largest absolute Gasteiger partial charge is 0.356 e. The number of anilines is 1. The zero-order chi connectivity index (χ0) is 13.8. The molecule has 1 fully saturated rings. The maximum atomic E-state index is 4.82. The fourth-order valence-corrected chi connectivity index (χ4v) is 2.75. The molecule has 0 spiro atoms. The van der Waals surface area contributed by atoms with Crippen molar-refractivity contribution in [3.8, 4) is 0 Å². The third kappa shape index (κ3) is 3.47. The predicted molar refractivity (Wildman–Crippen MR) is 81.5 cm³/mol. The smallest absolute Gasteiger partial charge is 0.129 e. The van der Waals surface area contributed by atoms with E-state index in [0.29, 0.717) is 0 Å². The average molecular weight is 261 g/mol. The third-order valence-corrected chi connectivity index (χ3v) is 4.33. The molecule has 1 aromatic heterocycles. The molecule has 3 heteroatoms. The molecule has 0 saturated carbocycles. The number of pyridine rings is 1. The minimum absolute atomic E-state index is 0.758. The van der Waals surface area contributed by atoms with E-state index < -0.39 is 0 Å². The summed E-state index contributed by atoms with van der Waals surface area (Å²) in [5.41, 5.74) is 2.55. The maximum absolute atomic E-state index is 4.82. The van der Waals surface area contributed by atoms with E-state index in [1.807, 2.05) is 7.05 Å². The highest BCUT2D eigenvalue weighted by molar-refractivity contribution is 5.43. The average Bonchev–Trinajstić information content (AvgIpc) is 2.42. The zero-order valence-electron chi connectivity index (χ0n) is 12.7. The molecule has 2 rings (SSSR count). The minimum atomic E-state index is 0.758. The van der Waals surface area contributed by atoms with Crippen LogP contribution < -0.4 is 10.2 Å². The molecule has 3 nitrogen and oxygen atoms in total. The summed E-state index contributed by atoms with van der Waals surface area (Å²) in [5, 5.41) is 3.23. The molecular weight excluding hydrogens is 234 g/mol. The Kier molecular flexibility index (Phi) is 4.81. The van der Waals surface area contributed by atoms with Crippen molar-refractivity contribution in [3.05, 3.63) is 23.4 Å². The van der Waals surface area contributed by atoms with Gasteiger partial charge in [0.1, 0.15) is 5.82 Å². The second kappa shape index (κ2) is 6.38. The standard InChI is InChI=1S/C16H27N3/c1-5-15-8-14(10-17-4)9-16(18-15)19-7-6-12(2)13(3)11-19/h8-9,12-13,17H,5-7,10-11H2,1-4H3. The highest BCUT2D eigenvalue weighted by Gasteiger charge is 2.23. The lowest BCUT2D eigenvalue weighted by molar-refractivity contribution is 0.322. The quantitative estimate of drug-likeness (QED) is 0.903. The van der Waals surface area contributed by atoms with Gasteiger partial charge in [-0.25, -0.2) is 4.98 Å². The molecule has 1 aromatic rings. The Morgan fingerprint density at radius 2 is 2.11 bits per heavy atom. The summed E-state index contributed by atoms with van der Waals surface area (Å²) in [7, 11) is 2.00. The zero-order valence-corrected chi connectivity index (χ0v) is 12.7. The van der Waals surface area contributed by atoms with Gasteiger partial charge in [0.15, 0.2) is 0 Å². The highest BCUT2D eigenvalue weighted by Crippen LogP contribution is 2.26. The Morgan fingerprint density at radius 3 is 2.74 bits per heavy atom. The predicted octanol–water partition coefficient (Wildman–Crippen LogP) is 2.85. The van der Waals surface area contributed by atoms with Crippen LogP contribution in [0.3, 0.4) is 0 Å². The molecule has 0 aliphatic carbocycles. The first-order valence-corrected chi connectivity index (χ1v) is 7.53. The summed E-state index contributed by atoms with van der Waals surface area (Å²) in [6.45, 7) is 10.1. The molecule has 2 unspecified atom stereocenters. The van der Waals surface area contributed by atoms with Crippen molar-refractivity contribution in [2.45, 2.75) is 40.2 Å². The monoisotopic (exact) mass is 261 g/mol. The van der Waals surface area contributed by atoms with Gasteiger partial charge in [-0.05, 0) is 49.4 Å². The van der Waals surface area contributed by atoms with E-state index >= 15 is 0 Å². The molecular formula is C16H27N3. The molecule has 2 heterocycles. The first kappa shape index (κ1) is 14.3. The van der Waals surface area contributed by atoms with E-state index in [-0.39, 0.29) is 0 Å². The number of piperidine rings is 1. The van der Waals surface area contributed by atoms with E-state index in [2.05, 4.69) is 43.1 Å². The van der Waals surface area contributed by atoms with Crippen LogP contribution in [-0.4, -0.2) is 25.1 Å². The Labute approximate surface area is 117 Å². The fraction of sp³-hybridized carbons (Fsp3) is 0.688. The molecule has 0 radical (unpaired) electrons. The third-order valence-electron chi connectivity index (χ3n) is 4.33. The lowest BCUT2D eigenvalue weighted by Gasteiger charge is -2.36. The summed E-state index contributed by atoms with van der Waals surface area (Å²) in [6.07, 6.45) is 2.28. The maximum Gasteiger partial charge on any atom is 0.129 e. The van der Waals surface area contributed by atoms with E-state index in [1.165, 1.54) is 23.5 Å². The van der Waals surface area contributed by atoms with Crippen LogP contribution in [0.1, 0.15) is 38.4 Å². The van der Waals surface area contributed by atoms with Gasteiger partial charge in [0.2, 0.25) is 0 Å². The van der Waals surface area contributed by atoms with Crippen molar-refractivity contribution in [1.82, 2.24) is 10.3 Å². The van der Waals surface area contributed by atoms with E-state index in [9.17, 15) is 0 Å². The second-order valence-electron chi connectivity index (χ2n) is 5.90. The van der Waals surface area contributed by atoms with Crippen LogP contribution in [0.5, 0.6) is 0 Å². The van der Waals surface area contributed by atoms with Crippen LogP contribution in [0, 0.1) is 11.8 Å². The second-order valence-corrected chi connectivity index (χ2v) is 5.90. The summed E-state index contributed by atoms with van der Waals surface area (Å²) in [6, 6.07) is 4.47. The molecule has 19 heavy (non-hydrogen) atoms. The number of rotatable bonds is 4. The molecule has 106 valence electrons. The molecule has 2 atom stereocenters. The van der Waals surface area contributed by atoms with Gasteiger partial charge in [-0.15, -0.1) is 0 Å². The van der Waals surface area contributed by atoms with Crippen molar-refractivity contribution in [2.75, 3.05) is 25.0 Å². The normalized spacial score (nSPS) is 23.7. The van der Waals surface area contributed by atoms with Crippen molar-refractivity contribution >= 4 is 5.82 Å². The van der Waals surface area contributed by atoms with Crippen LogP contribution in [0.15, 0.2) is 12.1 Å². The molecule has 0 amide bonds. The Bertz CT molecular complexity index is 416. The van der Waals surface area contributed by atoms with Gasteiger partial charge in [-0.2, -0.15) is 0 Å². The number of hydrogen-bond donors (Lipinski definition) is 1. The molecule has 1 saturated heterocycles. The van der Waals surface area contributed by atoms with Gasteiger partial charge in [0.05, 0.1) is 0 Å². The van der Waals surface area contributed by atoms with Crippen molar-refractivity contribution in [2.24, 2.45) is 11.8 Å². The molecule has 1 aliphatic rings. The van der Waals surface area contributed by atoms with Gasteiger partial charge >= 0.3 is 0 Å². The SMILES string of the molecule is CCc1cc(CNC)cc(N2CCC(C)C(C)C2)n1. The van der Waals surface area contributed by atoms with Crippen LogP contribution in [0.25, 0.3) is 0 Å². The summed E-state index contributed by atoms with van der Waals surface area (Å²) in [5.74, 6) is 2.76. The van der Waals surface area contributed by atoms with Gasteiger partial charge < -0.3 is 10.2 Å². The number of nitrogens with one attached hydrogen (secondary N) is 1. The van der Waals surface area contributed by atoms with E-state index in [4.69, 9.17) is 4.98 Å². The summed E-state index contributed by atoms with van der Waals surface area (Å²) < 4.78 is 0. The number of nitrogens with zero attached hydrogens (tertiary/aromatic N) is 2. The molecule has 0 aromatic carbocycles. The first-order chi connectivity index (χ1) is 9.13. The minimum Gasteiger partial charge on any atom is -0.356 e. The van der Waals surface area contributed by atoms with Gasteiger partial charge in [-0.3, -0.25) is 0 Å². The van der Waals surface area contributed by atoms with Crippen LogP contribution in [0.4, 0.5) is 5.82 Å². The molecule has 0 bridgehead atoms. The van der Waals surface area contributed by atoms with Crippen LogP contribution in [0.2, 0.25) is 0 Å². The van der Waals surface area contributed by atoms with Crippen LogP contribution >= 0.6 is 0 Å². The molecule has 1 N–H and O–H groups in total. The lowest BCUT2D eigenvalue weighted by atomic mass is 9.88. The first-order valence-electron chi connectivity index (χ1n) is 7.53. The van der Waals surface area contributed by atoms with E-state index in [0.717, 1.165) is 37.9 Å². The topological polar surface area (TPSA) is 28.2 Å². The Hall–Kier alpha value is -1.09. The van der Waals surface area contributed by atoms with Gasteiger partial charge in [0.25, 0.3) is 0 Å². The lowest BCUT2D eigenvalue weighted by Crippen LogP contribution is -2.39. The number of hydrogen-bond acceptors (Lipinski definition) is 3.